The summed E-state index contributed by atoms with van der Waals surface area (Å²) in [6, 6.07) is 8.08. The van der Waals surface area contributed by atoms with Crippen LogP contribution in [-0.4, -0.2) is 27.8 Å². The number of amides is 2. The van der Waals surface area contributed by atoms with Gasteiger partial charge in [0.25, 0.3) is 0 Å². The van der Waals surface area contributed by atoms with E-state index in [2.05, 4.69) is 0 Å². The largest absolute Gasteiger partial charge is 0.481 e. The van der Waals surface area contributed by atoms with Gasteiger partial charge in [0.1, 0.15) is 0 Å². The third kappa shape index (κ3) is 2.43. The lowest BCUT2D eigenvalue weighted by molar-refractivity contribution is -0.145. The Labute approximate surface area is 117 Å². The number of carbonyl (C=O) groups is 3. The molecule has 0 aromatic heterocycles. The van der Waals surface area contributed by atoms with E-state index in [9.17, 15) is 14.4 Å². The third-order valence-corrected chi connectivity index (χ3v) is 3.87. The van der Waals surface area contributed by atoms with Crippen LogP contribution in [0.5, 0.6) is 0 Å². The minimum atomic E-state index is -1.04. The second-order valence-electron chi connectivity index (χ2n) is 5.15. The molecule has 106 valence electrons. The van der Waals surface area contributed by atoms with Crippen molar-refractivity contribution >= 4 is 17.8 Å². The summed E-state index contributed by atoms with van der Waals surface area (Å²) in [7, 11) is 0. The molecule has 1 aromatic rings. The van der Waals surface area contributed by atoms with E-state index in [1.807, 2.05) is 0 Å². The summed E-state index contributed by atoms with van der Waals surface area (Å²) in [5.41, 5.74) is 0.665. The number of rotatable bonds is 4. The zero-order chi connectivity index (χ0) is 14.9. The maximum atomic E-state index is 12.2. The first-order chi connectivity index (χ1) is 9.43. The highest BCUT2D eigenvalue weighted by Gasteiger charge is 2.46. The molecule has 2 amide bonds. The van der Waals surface area contributed by atoms with Crippen LogP contribution in [0.25, 0.3) is 0 Å². The van der Waals surface area contributed by atoms with Gasteiger partial charge < -0.3 is 5.11 Å². The van der Waals surface area contributed by atoms with Crippen molar-refractivity contribution in [2.45, 2.75) is 26.3 Å². The molecule has 1 aliphatic heterocycles. The van der Waals surface area contributed by atoms with Gasteiger partial charge in [0.05, 0.1) is 12.5 Å². The fourth-order valence-corrected chi connectivity index (χ4v) is 2.48. The van der Waals surface area contributed by atoms with E-state index in [1.54, 1.807) is 44.2 Å². The first-order valence-corrected chi connectivity index (χ1v) is 6.57. The lowest BCUT2D eigenvalue weighted by Crippen LogP contribution is -2.36. The SMILES string of the molecule is CC1C(=O)N(C(CC(=O)O)c2ccccc2)C(=O)C1C. The monoisotopic (exact) mass is 275 g/mol. The van der Waals surface area contributed by atoms with Crippen molar-refractivity contribution in [2.24, 2.45) is 11.8 Å². The quantitative estimate of drug-likeness (QED) is 0.851. The smallest absolute Gasteiger partial charge is 0.305 e. The van der Waals surface area contributed by atoms with Crippen LogP contribution in [-0.2, 0) is 14.4 Å². The molecule has 3 atom stereocenters. The van der Waals surface area contributed by atoms with Gasteiger partial charge in [0.15, 0.2) is 0 Å². The van der Waals surface area contributed by atoms with Gasteiger partial charge in [-0.1, -0.05) is 44.2 Å². The number of carboxylic acid groups (broad SMARTS) is 1. The summed E-state index contributed by atoms with van der Waals surface area (Å²) < 4.78 is 0. The number of aliphatic carboxylic acids is 1. The zero-order valence-electron chi connectivity index (χ0n) is 11.4. The molecular weight excluding hydrogens is 258 g/mol. The van der Waals surface area contributed by atoms with Gasteiger partial charge >= 0.3 is 5.97 Å². The summed E-state index contributed by atoms with van der Waals surface area (Å²) in [6.45, 7) is 3.40. The van der Waals surface area contributed by atoms with E-state index in [4.69, 9.17) is 5.11 Å². The van der Waals surface area contributed by atoms with E-state index in [1.165, 1.54) is 0 Å². The molecule has 0 spiro atoms. The normalized spacial score (nSPS) is 24.0. The van der Waals surface area contributed by atoms with Crippen LogP contribution in [0.2, 0.25) is 0 Å². The molecule has 5 nitrogen and oxygen atoms in total. The lowest BCUT2D eigenvalue weighted by Gasteiger charge is -2.25. The highest BCUT2D eigenvalue weighted by molar-refractivity contribution is 6.05. The number of hydrogen-bond donors (Lipinski definition) is 1. The Morgan fingerprint density at radius 2 is 1.65 bits per heavy atom. The molecule has 1 aromatic carbocycles. The first kappa shape index (κ1) is 14.2. The van der Waals surface area contributed by atoms with E-state index in [0.29, 0.717) is 5.56 Å². The lowest BCUT2D eigenvalue weighted by atomic mass is 10.00. The fraction of sp³-hybridized carbons (Fsp3) is 0.400. The molecule has 20 heavy (non-hydrogen) atoms. The maximum absolute atomic E-state index is 12.2. The number of imide groups is 1. The van der Waals surface area contributed by atoms with Crippen LogP contribution in [0.15, 0.2) is 30.3 Å². The van der Waals surface area contributed by atoms with E-state index < -0.39 is 23.8 Å². The summed E-state index contributed by atoms with van der Waals surface area (Å²) in [4.78, 5) is 36.7. The van der Waals surface area contributed by atoms with Crippen LogP contribution in [0.4, 0.5) is 0 Å². The van der Waals surface area contributed by atoms with E-state index in [-0.39, 0.29) is 18.2 Å². The predicted molar refractivity (Wildman–Crippen MR) is 71.6 cm³/mol. The van der Waals surface area contributed by atoms with E-state index in [0.717, 1.165) is 4.90 Å². The molecule has 1 fully saturated rings. The molecule has 1 saturated heterocycles. The Kier molecular flexibility index (Phi) is 3.88. The van der Waals surface area contributed by atoms with Gasteiger partial charge in [0.2, 0.25) is 11.8 Å². The Morgan fingerprint density at radius 1 is 1.15 bits per heavy atom. The van der Waals surface area contributed by atoms with Crippen LogP contribution < -0.4 is 0 Å². The number of likely N-dealkylation sites (tertiary alicyclic amines) is 1. The van der Waals surface area contributed by atoms with Gasteiger partial charge in [0, 0.05) is 11.8 Å². The van der Waals surface area contributed by atoms with Crippen molar-refractivity contribution in [2.75, 3.05) is 0 Å². The summed E-state index contributed by atoms with van der Waals surface area (Å²) in [5, 5.41) is 9.06. The topological polar surface area (TPSA) is 74.7 Å². The highest BCUT2D eigenvalue weighted by atomic mass is 16.4. The fourth-order valence-electron chi connectivity index (χ4n) is 2.48. The molecule has 3 unspecified atom stereocenters. The second-order valence-corrected chi connectivity index (χ2v) is 5.15. The predicted octanol–water partition coefficient (Wildman–Crippen LogP) is 1.84. The molecular formula is C15H17NO4. The molecule has 0 bridgehead atoms. The van der Waals surface area contributed by atoms with Crippen molar-refractivity contribution in [3.05, 3.63) is 35.9 Å². The molecule has 1 N–H and O–H groups in total. The molecule has 0 radical (unpaired) electrons. The number of carboxylic acids is 1. The average Bonchev–Trinajstić information content (AvgIpc) is 2.62. The minimum absolute atomic E-state index is 0.277. The summed E-state index contributed by atoms with van der Waals surface area (Å²) >= 11 is 0. The number of carbonyl (C=O) groups excluding carboxylic acids is 2. The van der Waals surface area contributed by atoms with Crippen LogP contribution in [0.3, 0.4) is 0 Å². The standard InChI is InChI=1S/C15H17NO4/c1-9-10(2)15(20)16(14(9)19)12(8-13(17)18)11-6-4-3-5-7-11/h3-7,9-10,12H,8H2,1-2H3,(H,17,18). The van der Waals surface area contributed by atoms with Crippen molar-refractivity contribution in [3.8, 4) is 0 Å². The Balaban J connectivity index is 2.40. The van der Waals surface area contributed by atoms with Gasteiger partial charge in [-0.05, 0) is 5.56 Å². The Hall–Kier alpha value is -2.17. The molecule has 2 rings (SSSR count). The van der Waals surface area contributed by atoms with Gasteiger partial charge in [-0.25, -0.2) is 0 Å². The Bertz CT molecular complexity index is 520. The highest BCUT2D eigenvalue weighted by Crippen LogP contribution is 2.34. The van der Waals surface area contributed by atoms with Gasteiger partial charge in [-0.2, -0.15) is 0 Å². The molecule has 0 aliphatic carbocycles. The van der Waals surface area contributed by atoms with Gasteiger partial charge in [-0.15, -0.1) is 0 Å². The van der Waals surface area contributed by atoms with Crippen LogP contribution in [0.1, 0.15) is 31.9 Å². The van der Waals surface area contributed by atoms with Crippen molar-refractivity contribution in [1.82, 2.24) is 4.90 Å². The average molecular weight is 275 g/mol. The second kappa shape index (κ2) is 5.45. The summed E-state index contributed by atoms with van der Waals surface area (Å²) in [6.07, 6.45) is -0.277. The number of nitrogens with zero attached hydrogens (tertiary/aromatic N) is 1. The van der Waals surface area contributed by atoms with Crippen molar-refractivity contribution < 1.29 is 19.5 Å². The first-order valence-electron chi connectivity index (χ1n) is 6.57. The Morgan fingerprint density at radius 3 is 2.10 bits per heavy atom. The molecule has 1 heterocycles. The molecule has 5 heteroatoms. The van der Waals surface area contributed by atoms with Crippen molar-refractivity contribution in [1.29, 1.82) is 0 Å². The third-order valence-electron chi connectivity index (χ3n) is 3.87. The van der Waals surface area contributed by atoms with E-state index >= 15 is 0 Å². The van der Waals surface area contributed by atoms with Crippen molar-refractivity contribution in [3.63, 3.8) is 0 Å². The number of benzene rings is 1. The zero-order valence-corrected chi connectivity index (χ0v) is 11.4. The summed E-state index contributed by atoms with van der Waals surface area (Å²) in [5.74, 6) is -2.42. The molecule has 1 aliphatic rings. The maximum Gasteiger partial charge on any atom is 0.305 e. The van der Waals surface area contributed by atoms with Crippen LogP contribution >= 0.6 is 0 Å². The molecule has 0 saturated carbocycles. The number of hydrogen-bond acceptors (Lipinski definition) is 3. The van der Waals surface area contributed by atoms with Crippen LogP contribution in [0, 0.1) is 11.8 Å². The minimum Gasteiger partial charge on any atom is -0.481 e. The van der Waals surface area contributed by atoms with Gasteiger partial charge in [-0.3, -0.25) is 19.3 Å².